The van der Waals surface area contributed by atoms with Gasteiger partial charge in [-0.2, -0.15) is 13.8 Å². The Hall–Kier alpha value is -1.61. The molecule has 2 rings (SSSR count). The van der Waals surface area contributed by atoms with E-state index in [0.29, 0.717) is 0 Å². The normalized spacial score (nSPS) is 11.4. The Morgan fingerprint density at radius 1 is 1.10 bits per heavy atom. The number of nitrogens with zero attached hydrogens (tertiary/aromatic N) is 1. The Morgan fingerprint density at radius 2 is 1.80 bits per heavy atom. The van der Waals surface area contributed by atoms with Crippen LogP contribution in [0, 0.1) is 17.7 Å². The summed E-state index contributed by atoms with van der Waals surface area (Å²) in [6.07, 6.45) is 0. The lowest BCUT2D eigenvalue weighted by atomic mass is 10.3. The summed E-state index contributed by atoms with van der Waals surface area (Å²) in [6, 6.07) is 4.77. The molecule has 0 bridgehead atoms. The first-order valence-corrected chi connectivity index (χ1v) is 7.37. The van der Waals surface area contributed by atoms with Crippen molar-refractivity contribution in [3.8, 4) is 0 Å². The van der Waals surface area contributed by atoms with Crippen molar-refractivity contribution in [2.75, 3.05) is 4.72 Å². The predicted molar refractivity (Wildman–Crippen MR) is 69.1 cm³/mol. The van der Waals surface area contributed by atoms with Gasteiger partial charge in [0.25, 0.3) is 10.0 Å². The summed E-state index contributed by atoms with van der Waals surface area (Å²) in [5, 5.41) is 0. The zero-order chi connectivity index (χ0) is 14.9. The molecule has 0 atom stereocenters. The molecule has 20 heavy (non-hydrogen) atoms. The number of nitrogens with one attached hydrogen (secondary N) is 1. The van der Waals surface area contributed by atoms with Crippen LogP contribution >= 0.6 is 15.9 Å². The molecule has 0 amide bonds. The Bertz CT molecular complexity index is 768. The first-order chi connectivity index (χ1) is 9.29. The van der Waals surface area contributed by atoms with Crippen LogP contribution in [0.25, 0.3) is 0 Å². The van der Waals surface area contributed by atoms with Gasteiger partial charge in [0.1, 0.15) is 11.5 Å². The second kappa shape index (κ2) is 5.41. The van der Waals surface area contributed by atoms with Gasteiger partial charge in [0.2, 0.25) is 11.9 Å². The van der Waals surface area contributed by atoms with E-state index in [1.165, 1.54) is 6.07 Å². The highest BCUT2D eigenvalue weighted by atomic mass is 79.9. The van der Waals surface area contributed by atoms with Gasteiger partial charge in [-0.15, -0.1) is 0 Å². The Morgan fingerprint density at radius 3 is 2.40 bits per heavy atom. The van der Waals surface area contributed by atoms with E-state index in [9.17, 15) is 21.6 Å². The SMILES string of the molecule is O=S(=O)(Nc1ccc(F)nc1F)c1ccc(Br)c(F)c1. The maximum absolute atomic E-state index is 13.3. The van der Waals surface area contributed by atoms with Gasteiger partial charge in [-0.1, -0.05) is 0 Å². The minimum absolute atomic E-state index is 0.0890. The summed E-state index contributed by atoms with van der Waals surface area (Å²) in [7, 11) is -4.20. The maximum atomic E-state index is 13.3. The number of benzene rings is 1. The first-order valence-electron chi connectivity index (χ1n) is 5.09. The minimum Gasteiger partial charge on any atom is -0.275 e. The molecular weight excluding hydrogens is 361 g/mol. The number of sulfonamides is 1. The minimum atomic E-state index is -4.20. The lowest BCUT2D eigenvalue weighted by Gasteiger charge is -2.08. The van der Waals surface area contributed by atoms with E-state index in [1.807, 2.05) is 4.72 Å². The Kier molecular flexibility index (Phi) is 4.00. The molecule has 106 valence electrons. The zero-order valence-electron chi connectivity index (χ0n) is 9.57. The molecule has 0 spiro atoms. The van der Waals surface area contributed by atoms with Crippen molar-refractivity contribution in [3.63, 3.8) is 0 Å². The van der Waals surface area contributed by atoms with Crippen molar-refractivity contribution in [2.45, 2.75) is 4.90 Å². The Labute approximate surface area is 120 Å². The lowest BCUT2D eigenvalue weighted by molar-refractivity contribution is 0.515. The summed E-state index contributed by atoms with van der Waals surface area (Å²) < 4.78 is 65.0. The molecule has 0 unspecified atom stereocenters. The van der Waals surface area contributed by atoms with E-state index < -0.39 is 38.3 Å². The highest BCUT2D eigenvalue weighted by Crippen LogP contribution is 2.22. The average molecular weight is 367 g/mol. The molecular formula is C11H6BrF3N2O2S. The highest BCUT2D eigenvalue weighted by molar-refractivity contribution is 9.10. The summed E-state index contributed by atoms with van der Waals surface area (Å²) >= 11 is 2.88. The smallest absolute Gasteiger partial charge is 0.262 e. The van der Waals surface area contributed by atoms with Gasteiger partial charge in [0.15, 0.2) is 0 Å². The topological polar surface area (TPSA) is 59.1 Å². The van der Waals surface area contributed by atoms with Crippen molar-refractivity contribution in [1.29, 1.82) is 0 Å². The number of hydrogen-bond donors (Lipinski definition) is 1. The van der Waals surface area contributed by atoms with Crippen molar-refractivity contribution in [3.05, 3.63) is 52.5 Å². The maximum Gasteiger partial charge on any atom is 0.262 e. The second-order valence-corrected chi connectivity index (χ2v) is 6.19. The molecule has 0 fully saturated rings. The van der Waals surface area contributed by atoms with Crippen LogP contribution in [-0.2, 0) is 10.0 Å². The van der Waals surface area contributed by atoms with Crippen LogP contribution in [0.4, 0.5) is 18.9 Å². The van der Waals surface area contributed by atoms with Gasteiger partial charge in [-0.3, -0.25) is 4.72 Å². The fourth-order valence-corrected chi connectivity index (χ4v) is 2.65. The monoisotopic (exact) mass is 366 g/mol. The molecule has 1 aromatic heterocycles. The van der Waals surface area contributed by atoms with Gasteiger partial charge in [-0.25, -0.2) is 12.8 Å². The third-order valence-corrected chi connectivity index (χ3v) is 4.27. The molecule has 1 aromatic carbocycles. The van der Waals surface area contributed by atoms with Gasteiger partial charge in [0, 0.05) is 0 Å². The number of aromatic nitrogens is 1. The molecule has 0 saturated heterocycles. The molecule has 0 aliphatic carbocycles. The van der Waals surface area contributed by atoms with Crippen LogP contribution in [0.5, 0.6) is 0 Å². The van der Waals surface area contributed by atoms with Crippen LogP contribution in [0.1, 0.15) is 0 Å². The van der Waals surface area contributed by atoms with Crippen LogP contribution in [-0.4, -0.2) is 13.4 Å². The van der Waals surface area contributed by atoms with E-state index in [-0.39, 0.29) is 4.47 Å². The van der Waals surface area contributed by atoms with Crippen molar-refractivity contribution in [2.24, 2.45) is 0 Å². The Balaban J connectivity index is 2.38. The summed E-state index contributed by atoms with van der Waals surface area (Å²) in [6.45, 7) is 0. The summed E-state index contributed by atoms with van der Waals surface area (Å²) in [5.41, 5.74) is -0.533. The number of pyridine rings is 1. The quantitative estimate of drug-likeness (QED) is 0.849. The molecule has 9 heteroatoms. The van der Waals surface area contributed by atoms with E-state index in [0.717, 1.165) is 24.3 Å². The average Bonchev–Trinajstić information content (AvgIpc) is 2.36. The summed E-state index contributed by atoms with van der Waals surface area (Å²) in [4.78, 5) is 2.44. The standard InChI is InChI=1S/C11H6BrF3N2O2S/c12-7-2-1-6(5-8(7)13)20(18,19)17-9-3-4-10(14)16-11(9)15/h1-5,17H. The molecule has 1 N–H and O–H groups in total. The van der Waals surface area contributed by atoms with Crippen LogP contribution in [0.3, 0.4) is 0 Å². The molecule has 0 aliphatic rings. The highest BCUT2D eigenvalue weighted by Gasteiger charge is 2.18. The van der Waals surface area contributed by atoms with Crippen LogP contribution in [0.15, 0.2) is 39.7 Å². The first kappa shape index (κ1) is 14.8. The third-order valence-electron chi connectivity index (χ3n) is 2.26. The van der Waals surface area contributed by atoms with E-state index >= 15 is 0 Å². The number of halogens is 4. The predicted octanol–water partition coefficient (Wildman–Crippen LogP) is 3.06. The van der Waals surface area contributed by atoms with Crippen molar-refractivity contribution >= 4 is 31.6 Å². The molecule has 0 aliphatic heterocycles. The van der Waals surface area contributed by atoms with Crippen LogP contribution in [0.2, 0.25) is 0 Å². The van der Waals surface area contributed by atoms with Crippen LogP contribution < -0.4 is 4.72 Å². The van der Waals surface area contributed by atoms with Gasteiger partial charge >= 0.3 is 0 Å². The van der Waals surface area contributed by atoms with Crippen molar-refractivity contribution in [1.82, 2.24) is 4.98 Å². The lowest BCUT2D eigenvalue weighted by Crippen LogP contribution is -2.15. The number of hydrogen-bond acceptors (Lipinski definition) is 3. The van der Waals surface area contributed by atoms with E-state index in [4.69, 9.17) is 0 Å². The molecule has 2 aromatic rings. The summed E-state index contributed by atoms with van der Waals surface area (Å²) in [5.74, 6) is -3.18. The zero-order valence-corrected chi connectivity index (χ0v) is 12.0. The van der Waals surface area contributed by atoms with Crippen molar-refractivity contribution < 1.29 is 21.6 Å². The molecule has 4 nitrogen and oxygen atoms in total. The van der Waals surface area contributed by atoms with Gasteiger partial charge in [-0.05, 0) is 46.3 Å². The fraction of sp³-hybridized carbons (Fsp3) is 0. The van der Waals surface area contributed by atoms with E-state index in [2.05, 4.69) is 20.9 Å². The largest absolute Gasteiger partial charge is 0.275 e. The van der Waals surface area contributed by atoms with Gasteiger partial charge in [0.05, 0.1) is 9.37 Å². The molecule has 0 saturated carbocycles. The molecule has 1 heterocycles. The van der Waals surface area contributed by atoms with E-state index in [1.54, 1.807) is 0 Å². The number of anilines is 1. The fourth-order valence-electron chi connectivity index (χ4n) is 1.34. The second-order valence-electron chi connectivity index (χ2n) is 3.65. The van der Waals surface area contributed by atoms with Gasteiger partial charge < -0.3 is 0 Å². The third kappa shape index (κ3) is 3.10. The number of rotatable bonds is 3. The molecule has 0 radical (unpaired) electrons.